The van der Waals surface area contributed by atoms with Gasteiger partial charge in [-0.05, 0) is 87.5 Å². The Balaban J connectivity index is 1.46. The molecule has 7 heteroatoms. The van der Waals surface area contributed by atoms with Crippen LogP contribution in [0.4, 0.5) is 0 Å². The second kappa shape index (κ2) is 7.80. The van der Waals surface area contributed by atoms with E-state index in [2.05, 4.69) is 5.10 Å². The fraction of sp³-hybridized carbons (Fsp3) is 0.407. The zero-order valence-electron chi connectivity index (χ0n) is 19.2. The molecule has 2 aromatic carbocycles. The van der Waals surface area contributed by atoms with E-state index in [0.717, 1.165) is 19.3 Å². The van der Waals surface area contributed by atoms with Gasteiger partial charge in [-0.25, -0.2) is 8.42 Å². The molecule has 1 aromatic heterocycles. The maximum Gasteiger partial charge on any atom is 0.318 e. The van der Waals surface area contributed by atoms with Crippen LogP contribution in [-0.4, -0.2) is 24.2 Å². The van der Waals surface area contributed by atoms with Gasteiger partial charge in [0.15, 0.2) is 4.90 Å². The summed E-state index contributed by atoms with van der Waals surface area (Å²) >= 11 is 0. The second-order valence-corrected chi connectivity index (χ2v) is 12.3. The number of hydrogen-bond acceptors (Lipinski definition) is 5. The lowest BCUT2D eigenvalue weighted by molar-refractivity contribution is -0.162. The van der Waals surface area contributed by atoms with Crippen LogP contribution in [0, 0.1) is 30.1 Å². The molecule has 0 amide bonds. The first-order valence-electron chi connectivity index (χ1n) is 12.0. The Bertz CT molecular complexity index is 1310. The molecule has 0 unspecified atom stereocenters. The SMILES string of the molecule is Cc1nn(-c2ccccc2)c(OC(=O)C23CC4CC(CC(C4)C2)C3)c1S(=O)(=O)c1ccccc1. The van der Waals surface area contributed by atoms with E-state index < -0.39 is 15.3 Å². The van der Waals surface area contributed by atoms with Gasteiger partial charge in [-0.1, -0.05) is 36.4 Å². The molecule has 4 aliphatic carbocycles. The maximum atomic E-state index is 13.8. The molecular formula is C27H28N2O4S. The Kier molecular flexibility index (Phi) is 4.96. The molecule has 7 rings (SSSR count). The van der Waals surface area contributed by atoms with Crippen molar-refractivity contribution in [3.8, 4) is 11.6 Å². The van der Waals surface area contributed by atoms with Crippen LogP contribution in [-0.2, 0) is 14.6 Å². The molecule has 1 heterocycles. The van der Waals surface area contributed by atoms with E-state index >= 15 is 0 Å². The molecule has 34 heavy (non-hydrogen) atoms. The number of carbonyl (C=O) groups is 1. The highest BCUT2D eigenvalue weighted by molar-refractivity contribution is 7.91. The summed E-state index contributed by atoms with van der Waals surface area (Å²) in [5.74, 6) is 1.42. The van der Waals surface area contributed by atoms with Crippen LogP contribution in [0.15, 0.2) is 70.5 Å². The van der Waals surface area contributed by atoms with E-state index in [0.29, 0.717) is 29.1 Å². The van der Waals surface area contributed by atoms with Crippen molar-refractivity contribution >= 4 is 15.8 Å². The predicted molar refractivity (Wildman–Crippen MR) is 126 cm³/mol. The van der Waals surface area contributed by atoms with Gasteiger partial charge in [-0.2, -0.15) is 9.78 Å². The Labute approximate surface area is 199 Å². The predicted octanol–water partition coefficient (Wildman–Crippen LogP) is 5.14. The van der Waals surface area contributed by atoms with Gasteiger partial charge in [-0.3, -0.25) is 4.79 Å². The first-order valence-corrected chi connectivity index (χ1v) is 13.5. The van der Waals surface area contributed by atoms with Gasteiger partial charge in [0.1, 0.15) is 0 Å². The summed E-state index contributed by atoms with van der Waals surface area (Å²) in [6.07, 6.45) is 6.16. The normalized spacial score (nSPS) is 27.6. The summed E-state index contributed by atoms with van der Waals surface area (Å²) in [6.45, 7) is 1.65. The summed E-state index contributed by atoms with van der Waals surface area (Å²) in [7, 11) is -3.95. The summed E-state index contributed by atoms with van der Waals surface area (Å²) in [4.78, 5) is 13.9. The van der Waals surface area contributed by atoms with Gasteiger partial charge in [-0.15, -0.1) is 0 Å². The van der Waals surface area contributed by atoms with Gasteiger partial charge in [0.25, 0.3) is 0 Å². The molecule has 0 N–H and O–H groups in total. The van der Waals surface area contributed by atoms with Gasteiger partial charge in [0.05, 0.1) is 21.7 Å². The number of sulfone groups is 1. The van der Waals surface area contributed by atoms with Crippen LogP contribution in [0.2, 0.25) is 0 Å². The number of carbonyl (C=O) groups excluding carboxylic acids is 1. The van der Waals surface area contributed by atoms with Gasteiger partial charge < -0.3 is 4.74 Å². The Morgan fingerprint density at radius 3 is 2.00 bits per heavy atom. The maximum absolute atomic E-state index is 13.8. The standard InChI is InChI=1S/C27H28N2O4S/c1-18-24(34(31,32)23-10-6-3-7-11-23)25(29(28-18)22-8-4-2-5-9-22)33-26(30)27-15-19-12-20(16-27)14-21(13-19)17-27/h2-11,19-21H,12-17H2,1H3. The van der Waals surface area contributed by atoms with Crippen molar-refractivity contribution in [2.75, 3.05) is 0 Å². The number of rotatable bonds is 5. The van der Waals surface area contributed by atoms with Gasteiger partial charge in [0.2, 0.25) is 15.7 Å². The molecule has 6 nitrogen and oxygen atoms in total. The summed E-state index contributed by atoms with van der Waals surface area (Å²) in [5, 5.41) is 4.53. The number of para-hydroxylation sites is 1. The number of aromatic nitrogens is 2. The number of esters is 1. The second-order valence-electron chi connectivity index (χ2n) is 10.4. The number of aryl methyl sites for hydroxylation is 1. The zero-order chi connectivity index (χ0) is 23.5. The fourth-order valence-electron chi connectivity index (χ4n) is 6.91. The molecule has 4 saturated carbocycles. The number of ether oxygens (including phenoxy) is 1. The lowest BCUT2D eigenvalue weighted by atomic mass is 9.49. The van der Waals surface area contributed by atoms with Crippen molar-refractivity contribution < 1.29 is 17.9 Å². The van der Waals surface area contributed by atoms with Crippen LogP contribution in [0.1, 0.15) is 44.2 Å². The average molecular weight is 477 g/mol. The molecular weight excluding hydrogens is 448 g/mol. The summed E-state index contributed by atoms with van der Waals surface area (Å²) in [6, 6.07) is 17.5. The molecule has 0 aliphatic heterocycles. The van der Waals surface area contributed by atoms with Crippen LogP contribution < -0.4 is 4.74 Å². The lowest BCUT2D eigenvalue weighted by Gasteiger charge is -2.55. The van der Waals surface area contributed by atoms with E-state index in [9.17, 15) is 13.2 Å². The van der Waals surface area contributed by atoms with Crippen LogP contribution in [0.5, 0.6) is 5.88 Å². The van der Waals surface area contributed by atoms with Crippen molar-refractivity contribution in [1.82, 2.24) is 9.78 Å². The molecule has 4 fully saturated rings. The lowest BCUT2D eigenvalue weighted by Crippen LogP contribution is -2.51. The third-order valence-corrected chi connectivity index (χ3v) is 9.85. The molecule has 0 saturated heterocycles. The molecule has 4 aliphatic rings. The Hall–Kier alpha value is -2.93. The van der Waals surface area contributed by atoms with Crippen LogP contribution >= 0.6 is 0 Å². The highest BCUT2D eigenvalue weighted by atomic mass is 32.2. The number of benzene rings is 2. The van der Waals surface area contributed by atoms with Gasteiger partial charge in [0, 0.05) is 0 Å². The summed E-state index contributed by atoms with van der Waals surface area (Å²) in [5.41, 5.74) is 0.442. The smallest absolute Gasteiger partial charge is 0.318 e. The largest absolute Gasteiger partial charge is 0.405 e. The molecule has 0 spiro atoms. The average Bonchev–Trinajstić information content (AvgIpc) is 3.15. The minimum Gasteiger partial charge on any atom is -0.405 e. The Morgan fingerprint density at radius 2 is 1.44 bits per heavy atom. The van der Waals surface area contributed by atoms with E-state index in [1.54, 1.807) is 37.3 Å². The van der Waals surface area contributed by atoms with E-state index in [1.807, 2.05) is 30.3 Å². The van der Waals surface area contributed by atoms with Crippen molar-refractivity contribution in [2.45, 2.75) is 55.2 Å². The van der Waals surface area contributed by atoms with Crippen LogP contribution in [0.3, 0.4) is 0 Å². The van der Waals surface area contributed by atoms with Crippen molar-refractivity contribution in [2.24, 2.45) is 23.2 Å². The Morgan fingerprint density at radius 1 is 0.912 bits per heavy atom. The molecule has 0 radical (unpaired) electrons. The molecule has 3 aromatic rings. The number of nitrogens with zero attached hydrogens (tertiary/aromatic N) is 2. The third-order valence-electron chi connectivity index (χ3n) is 7.95. The molecule has 4 bridgehead atoms. The minimum atomic E-state index is -3.95. The highest BCUT2D eigenvalue weighted by Crippen LogP contribution is 2.60. The monoisotopic (exact) mass is 476 g/mol. The van der Waals surface area contributed by atoms with E-state index in [4.69, 9.17) is 4.74 Å². The van der Waals surface area contributed by atoms with Crippen molar-refractivity contribution in [3.05, 3.63) is 66.4 Å². The third kappa shape index (κ3) is 3.40. The summed E-state index contributed by atoms with van der Waals surface area (Å²) < 4.78 is 35.0. The van der Waals surface area contributed by atoms with Gasteiger partial charge >= 0.3 is 5.97 Å². The molecule has 0 atom stereocenters. The molecule has 176 valence electrons. The van der Waals surface area contributed by atoms with E-state index in [-0.39, 0.29) is 21.6 Å². The fourth-order valence-corrected chi connectivity index (χ4v) is 8.45. The zero-order valence-corrected chi connectivity index (χ0v) is 20.0. The minimum absolute atomic E-state index is 0.00621. The van der Waals surface area contributed by atoms with Crippen molar-refractivity contribution in [3.63, 3.8) is 0 Å². The highest BCUT2D eigenvalue weighted by Gasteiger charge is 2.56. The first-order chi connectivity index (χ1) is 16.4. The number of hydrogen-bond donors (Lipinski definition) is 0. The topological polar surface area (TPSA) is 78.3 Å². The quantitative estimate of drug-likeness (QED) is 0.477. The van der Waals surface area contributed by atoms with Crippen molar-refractivity contribution in [1.29, 1.82) is 0 Å². The van der Waals surface area contributed by atoms with Crippen LogP contribution in [0.25, 0.3) is 5.69 Å². The first kappa shape index (κ1) is 21.6. The van der Waals surface area contributed by atoms with E-state index in [1.165, 1.54) is 23.9 Å².